The summed E-state index contributed by atoms with van der Waals surface area (Å²) in [5.41, 5.74) is -0.968. The van der Waals surface area contributed by atoms with Crippen molar-refractivity contribution in [3.05, 3.63) is 39.9 Å². The van der Waals surface area contributed by atoms with Crippen LogP contribution in [0.2, 0.25) is 0 Å². The van der Waals surface area contributed by atoms with E-state index < -0.39 is 28.3 Å². The summed E-state index contributed by atoms with van der Waals surface area (Å²) < 4.78 is 38.5. The lowest BCUT2D eigenvalue weighted by Gasteiger charge is -1.99. The lowest BCUT2D eigenvalue weighted by atomic mass is 10.2. The van der Waals surface area contributed by atoms with Gasteiger partial charge in [-0.05, 0) is 0 Å². The zero-order valence-electron chi connectivity index (χ0n) is 6.64. The van der Waals surface area contributed by atoms with Crippen molar-refractivity contribution in [2.45, 2.75) is 0 Å². The molecular formula is C8H3F3N2O. The van der Waals surface area contributed by atoms with E-state index in [4.69, 9.17) is 0 Å². The van der Waals surface area contributed by atoms with Crippen LogP contribution in [-0.2, 0) is 0 Å². The molecule has 72 valence electrons. The van der Waals surface area contributed by atoms with Gasteiger partial charge in [-0.3, -0.25) is 9.89 Å². The minimum absolute atomic E-state index is 0.172. The summed E-state index contributed by atoms with van der Waals surface area (Å²) in [6, 6.07) is 0.683. The van der Waals surface area contributed by atoms with Crippen LogP contribution in [0, 0.1) is 17.5 Å². The number of hydrogen-bond donors (Lipinski definition) is 1. The third-order valence-electron chi connectivity index (χ3n) is 1.78. The molecule has 0 radical (unpaired) electrons. The van der Waals surface area contributed by atoms with Crippen LogP contribution in [0.15, 0.2) is 17.1 Å². The van der Waals surface area contributed by atoms with E-state index in [2.05, 4.69) is 10.2 Å². The van der Waals surface area contributed by atoms with Gasteiger partial charge in [0.1, 0.15) is 0 Å². The highest BCUT2D eigenvalue weighted by atomic mass is 19.2. The number of aromatic amines is 1. The smallest absolute Gasteiger partial charge is 0.211 e. The number of halogens is 3. The maximum Gasteiger partial charge on any atom is 0.211 e. The summed E-state index contributed by atoms with van der Waals surface area (Å²) in [7, 11) is 0. The molecule has 2 aromatic rings. The fourth-order valence-corrected chi connectivity index (χ4v) is 1.15. The molecule has 0 saturated heterocycles. The molecule has 0 amide bonds. The molecule has 1 aromatic carbocycles. The van der Waals surface area contributed by atoms with Crippen LogP contribution in [0.5, 0.6) is 0 Å². The molecule has 0 atom stereocenters. The van der Waals surface area contributed by atoms with E-state index in [1.165, 1.54) is 0 Å². The number of rotatable bonds is 0. The lowest BCUT2D eigenvalue weighted by Crippen LogP contribution is -2.07. The van der Waals surface area contributed by atoms with Crippen molar-refractivity contribution in [3.8, 4) is 0 Å². The van der Waals surface area contributed by atoms with Crippen LogP contribution in [0.1, 0.15) is 0 Å². The first kappa shape index (κ1) is 8.74. The Hall–Kier alpha value is -1.85. The van der Waals surface area contributed by atoms with Gasteiger partial charge in [0.25, 0.3) is 0 Å². The van der Waals surface area contributed by atoms with Gasteiger partial charge in [-0.25, -0.2) is 13.2 Å². The van der Waals surface area contributed by atoms with E-state index in [9.17, 15) is 18.0 Å². The number of hydrogen-bond acceptors (Lipinski definition) is 2. The van der Waals surface area contributed by atoms with Gasteiger partial charge in [0, 0.05) is 6.07 Å². The second-order valence-corrected chi connectivity index (χ2v) is 2.64. The SMILES string of the molecule is O=c1cn[nH]c2cc(F)c(F)c(F)c12. The maximum atomic E-state index is 13.1. The van der Waals surface area contributed by atoms with E-state index in [0.29, 0.717) is 6.07 Å². The molecule has 0 spiro atoms. The number of nitrogens with one attached hydrogen (secondary N) is 1. The predicted octanol–water partition coefficient (Wildman–Crippen LogP) is 1.34. The first-order chi connectivity index (χ1) is 6.61. The summed E-state index contributed by atoms with van der Waals surface area (Å²) in [4.78, 5) is 11.1. The second-order valence-electron chi connectivity index (χ2n) is 2.64. The van der Waals surface area contributed by atoms with Gasteiger partial charge in [-0.2, -0.15) is 5.10 Å². The average molecular weight is 200 g/mol. The van der Waals surface area contributed by atoms with E-state index in [-0.39, 0.29) is 5.52 Å². The van der Waals surface area contributed by atoms with Crippen molar-refractivity contribution < 1.29 is 13.2 Å². The first-order valence-corrected chi connectivity index (χ1v) is 3.62. The largest absolute Gasteiger partial charge is 0.287 e. The third kappa shape index (κ3) is 1.07. The number of nitrogens with zero attached hydrogens (tertiary/aromatic N) is 1. The molecule has 3 nitrogen and oxygen atoms in total. The summed E-state index contributed by atoms with van der Waals surface area (Å²) >= 11 is 0. The quantitative estimate of drug-likeness (QED) is 0.652. The Kier molecular flexibility index (Phi) is 1.77. The molecule has 14 heavy (non-hydrogen) atoms. The van der Waals surface area contributed by atoms with Crippen molar-refractivity contribution in [1.29, 1.82) is 0 Å². The standard InChI is InChI=1S/C8H3F3N2O/c9-3-1-4-6(8(11)7(3)10)5(14)2-12-13-4/h1-2H,(H,13,14). The van der Waals surface area contributed by atoms with Crippen molar-refractivity contribution in [1.82, 2.24) is 10.2 Å². The number of benzene rings is 1. The Morgan fingerprint density at radius 1 is 1.21 bits per heavy atom. The Balaban J connectivity index is 3.07. The van der Waals surface area contributed by atoms with Crippen molar-refractivity contribution in [2.75, 3.05) is 0 Å². The molecule has 0 aliphatic heterocycles. The number of H-pyrrole nitrogens is 1. The fraction of sp³-hybridized carbons (Fsp3) is 0. The van der Waals surface area contributed by atoms with Gasteiger partial charge in [0.15, 0.2) is 17.5 Å². The summed E-state index contributed by atoms with van der Waals surface area (Å²) in [5, 5.41) is 5.01. The molecule has 2 rings (SSSR count). The normalized spacial score (nSPS) is 10.8. The van der Waals surface area contributed by atoms with Gasteiger partial charge in [0.05, 0.1) is 17.1 Å². The molecule has 0 aliphatic carbocycles. The molecule has 0 aliphatic rings. The van der Waals surface area contributed by atoms with E-state index in [1.54, 1.807) is 0 Å². The first-order valence-electron chi connectivity index (χ1n) is 3.62. The highest BCUT2D eigenvalue weighted by Gasteiger charge is 2.15. The zero-order chi connectivity index (χ0) is 10.3. The molecule has 0 unspecified atom stereocenters. The van der Waals surface area contributed by atoms with E-state index >= 15 is 0 Å². The fourth-order valence-electron chi connectivity index (χ4n) is 1.15. The minimum Gasteiger partial charge on any atom is -0.287 e. The molecule has 1 aromatic heterocycles. The van der Waals surface area contributed by atoms with Crippen molar-refractivity contribution in [2.24, 2.45) is 0 Å². The third-order valence-corrected chi connectivity index (χ3v) is 1.78. The predicted molar refractivity (Wildman–Crippen MR) is 42.2 cm³/mol. The molecule has 0 fully saturated rings. The Bertz CT molecular complexity index is 564. The zero-order valence-corrected chi connectivity index (χ0v) is 6.64. The van der Waals surface area contributed by atoms with Gasteiger partial charge in [0.2, 0.25) is 5.43 Å². The van der Waals surface area contributed by atoms with Crippen LogP contribution in [0.25, 0.3) is 10.9 Å². The average Bonchev–Trinajstić information content (AvgIpc) is 2.14. The minimum atomic E-state index is -1.66. The highest BCUT2D eigenvalue weighted by molar-refractivity contribution is 5.78. The van der Waals surface area contributed by atoms with Gasteiger partial charge in [-0.1, -0.05) is 0 Å². The molecule has 1 heterocycles. The van der Waals surface area contributed by atoms with Crippen molar-refractivity contribution in [3.63, 3.8) is 0 Å². The van der Waals surface area contributed by atoms with Crippen molar-refractivity contribution >= 4 is 10.9 Å². The van der Waals surface area contributed by atoms with E-state index in [1.807, 2.05) is 0 Å². The Labute approximate surface area is 75.2 Å². The number of fused-ring (bicyclic) bond motifs is 1. The van der Waals surface area contributed by atoms with Crippen LogP contribution in [0.3, 0.4) is 0 Å². The molecule has 0 bridgehead atoms. The van der Waals surface area contributed by atoms with Crippen LogP contribution < -0.4 is 5.43 Å². The summed E-state index contributed by atoms with van der Waals surface area (Å²) in [5.74, 6) is -4.52. The van der Waals surface area contributed by atoms with E-state index in [0.717, 1.165) is 6.20 Å². The van der Waals surface area contributed by atoms with Crippen LogP contribution in [-0.4, -0.2) is 10.2 Å². The Morgan fingerprint density at radius 3 is 2.64 bits per heavy atom. The highest BCUT2D eigenvalue weighted by Crippen LogP contribution is 2.17. The lowest BCUT2D eigenvalue weighted by molar-refractivity contribution is 0.453. The maximum absolute atomic E-state index is 13.1. The second kappa shape index (κ2) is 2.83. The molecule has 0 saturated carbocycles. The van der Waals surface area contributed by atoms with Gasteiger partial charge >= 0.3 is 0 Å². The van der Waals surface area contributed by atoms with Gasteiger partial charge < -0.3 is 0 Å². The molecular weight excluding hydrogens is 197 g/mol. The molecule has 1 N–H and O–H groups in total. The monoisotopic (exact) mass is 200 g/mol. The summed E-state index contributed by atoms with van der Waals surface area (Å²) in [6.45, 7) is 0. The summed E-state index contributed by atoms with van der Waals surface area (Å²) in [6.07, 6.45) is 0.794. The van der Waals surface area contributed by atoms with Crippen LogP contribution in [0.4, 0.5) is 13.2 Å². The van der Waals surface area contributed by atoms with Gasteiger partial charge in [-0.15, -0.1) is 0 Å². The number of aromatic nitrogens is 2. The molecule has 6 heteroatoms. The topological polar surface area (TPSA) is 45.8 Å². The van der Waals surface area contributed by atoms with Crippen LogP contribution >= 0.6 is 0 Å². The Morgan fingerprint density at radius 2 is 1.93 bits per heavy atom.